The molecule has 1 aliphatic carbocycles. The van der Waals surface area contributed by atoms with Gasteiger partial charge in [0.25, 0.3) is 0 Å². The van der Waals surface area contributed by atoms with Crippen LogP contribution < -0.4 is 0 Å². The van der Waals surface area contributed by atoms with Crippen LogP contribution in [0.15, 0.2) is 11.4 Å². The molecule has 0 bridgehead atoms. The normalized spacial score (nSPS) is 22.6. The summed E-state index contributed by atoms with van der Waals surface area (Å²) in [5.41, 5.74) is 1.29. The Morgan fingerprint density at radius 3 is 3.07 bits per heavy atom. The zero-order valence-corrected chi connectivity index (χ0v) is 9.53. The molecule has 1 unspecified atom stereocenters. The number of Topliss-reactive ketones (excluding diaryl/α,β-unsaturated/α-hetero) is 1. The SMILES string of the molecule is O=C1CCCC(Cc2csc(Cl)c2)C1. The first-order valence-corrected chi connectivity index (χ1v) is 6.24. The molecule has 1 aliphatic rings. The molecule has 0 amide bonds. The molecule has 2 rings (SSSR count). The van der Waals surface area contributed by atoms with Gasteiger partial charge in [0.05, 0.1) is 4.34 Å². The van der Waals surface area contributed by atoms with Gasteiger partial charge in [0.2, 0.25) is 0 Å². The molecule has 0 aliphatic heterocycles. The predicted octanol–water partition coefficient (Wildman–Crippen LogP) is 3.70. The van der Waals surface area contributed by atoms with E-state index in [-0.39, 0.29) is 0 Å². The Hall–Kier alpha value is -0.340. The summed E-state index contributed by atoms with van der Waals surface area (Å²) in [6.07, 6.45) is 4.85. The summed E-state index contributed by atoms with van der Waals surface area (Å²) in [6.45, 7) is 0. The highest BCUT2D eigenvalue weighted by Gasteiger charge is 2.19. The Labute approximate surface area is 93.1 Å². The monoisotopic (exact) mass is 228 g/mol. The van der Waals surface area contributed by atoms with Gasteiger partial charge < -0.3 is 0 Å². The maximum Gasteiger partial charge on any atom is 0.133 e. The maximum absolute atomic E-state index is 11.2. The molecule has 1 heterocycles. The molecule has 0 saturated heterocycles. The number of carbonyl (C=O) groups is 1. The van der Waals surface area contributed by atoms with Gasteiger partial charge in [0.1, 0.15) is 5.78 Å². The molecule has 1 atom stereocenters. The summed E-state index contributed by atoms with van der Waals surface area (Å²) in [5.74, 6) is 0.990. The average Bonchev–Trinajstić information content (AvgIpc) is 2.51. The summed E-state index contributed by atoms with van der Waals surface area (Å²) >= 11 is 7.43. The third kappa shape index (κ3) is 2.58. The highest BCUT2D eigenvalue weighted by atomic mass is 35.5. The highest BCUT2D eigenvalue weighted by Crippen LogP contribution is 2.28. The van der Waals surface area contributed by atoms with Crippen molar-refractivity contribution in [2.75, 3.05) is 0 Å². The van der Waals surface area contributed by atoms with Crippen molar-refractivity contribution in [3.05, 3.63) is 21.3 Å². The van der Waals surface area contributed by atoms with Gasteiger partial charge in [-0.25, -0.2) is 0 Å². The molecule has 1 aromatic heterocycles. The summed E-state index contributed by atoms with van der Waals surface area (Å²) in [4.78, 5) is 11.2. The first kappa shape index (κ1) is 10.2. The lowest BCUT2D eigenvalue weighted by atomic mass is 9.85. The molecule has 14 heavy (non-hydrogen) atoms. The third-order valence-electron chi connectivity index (χ3n) is 2.73. The third-order valence-corrected chi connectivity index (χ3v) is 3.87. The Morgan fingerprint density at radius 2 is 2.43 bits per heavy atom. The van der Waals surface area contributed by atoms with E-state index in [1.165, 1.54) is 12.0 Å². The van der Waals surface area contributed by atoms with Gasteiger partial charge in [-0.15, -0.1) is 11.3 Å². The minimum Gasteiger partial charge on any atom is -0.300 e. The number of carbonyl (C=O) groups excluding carboxylic acids is 1. The van der Waals surface area contributed by atoms with Crippen LogP contribution in [0.3, 0.4) is 0 Å². The van der Waals surface area contributed by atoms with Crippen LogP contribution >= 0.6 is 22.9 Å². The molecular weight excluding hydrogens is 216 g/mol. The van der Waals surface area contributed by atoms with E-state index in [4.69, 9.17) is 11.6 Å². The minimum absolute atomic E-state index is 0.433. The van der Waals surface area contributed by atoms with Crippen LogP contribution in [0.4, 0.5) is 0 Å². The van der Waals surface area contributed by atoms with Crippen molar-refractivity contribution < 1.29 is 4.79 Å². The van der Waals surface area contributed by atoms with Gasteiger partial charge in [0, 0.05) is 12.8 Å². The second kappa shape index (κ2) is 4.45. The molecule has 1 fully saturated rings. The standard InChI is InChI=1S/C11H13ClOS/c12-11-6-9(7-14-11)4-8-2-1-3-10(13)5-8/h6-8H,1-5H2. The summed E-state index contributed by atoms with van der Waals surface area (Å²) < 4.78 is 0.849. The van der Waals surface area contributed by atoms with E-state index in [1.54, 1.807) is 11.3 Å². The Balaban J connectivity index is 1.93. The van der Waals surface area contributed by atoms with E-state index in [9.17, 15) is 4.79 Å². The molecule has 0 aromatic carbocycles. The number of hydrogen-bond acceptors (Lipinski definition) is 2. The molecular formula is C11H13ClOS. The Kier molecular flexibility index (Phi) is 3.24. The van der Waals surface area contributed by atoms with Crippen LogP contribution in [0.5, 0.6) is 0 Å². The van der Waals surface area contributed by atoms with E-state index in [1.807, 2.05) is 6.07 Å². The molecule has 0 radical (unpaired) electrons. The molecule has 76 valence electrons. The van der Waals surface area contributed by atoms with Crippen LogP contribution in [-0.2, 0) is 11.2 Å². The number of halogens is 1. The van der Waals surface area contributed by atoms with Crippen LogP contribution in [0, 0.1) is 5.92 Å². The summed E-state index contributed by atoms with van der Waals surface area (Å²) in [6, 6.07) is 2.02. The fourth-order valence-electron chi connectivity index (χ4n) is 2.07. The molecule has 1 nitrogen and oxygen atoms in total. The van der Waals surface area contributed by atoms with E-state index in [0.717, 1.165) is 30.0 Å². The van der Waals surface area contributed by atoms with Crippen molar-refractivity contribution in [1.29, 1.82) is 0 Å². The van der Waals surface area contributed by atoms with E-state index < -0.39 is 0 Å². The van der Waals surface area contributed by atoms with Crippen molar-refractivity contribution in [1.82, 2.24) is 0 Å². The lowest BCUT2D eigenvalue weighted by Crippen LogP contribution is -2.16. The van der Waals surface area contributed by atoms with Gasteiger partial charge in [-0.2, -0.15) is 0 Å². The molecule has 3 heteroatoms. The van der Waals surface area contributed by atoms with Crippen molar-refractivity contribution >= 4 is 28.7 Å². The molecule has 1 aromatic rings. The average molecular weight is 229 g/mol. The van der Waals surface area contributed by atoms with Gasteiger partial charge in [-0.3, -0.25) is 4.79 Å². The van der Waals surface area contributed by atoms with E-state index in [2.05, 4.69) is 5.38 Å². The largest absolute Gasteiger partial charge is 0.300 e. The van der Waals surface area contributed by atoms with Crippen molar-refractivity contribution in [3.8, 4) is 0 Å². The Morgan fingerprint density at radius 1 is 1.57 bits per heavy atom. The lowest BCUT2D eigenvalue weighted by Gasteiger charge is -2.19. The van der Waals surface area contributed by atoms with Crippen molar-refractivity contribution in [2.24, 2.45) is 5.92 Å². The first-order valence-electron chi connectivity index (χ1n) is 4.98. The summed E-state index contributed by atoms with van der Waals surface area (Å²) in [7, 11) is 0. The van der Waals surface area contributed by atoms with Crippen molar-refractivity contribution in [3.63, 3.8) is 0 Å². The van der Waals surface area contributed by atoms with Gasteiger partial charge >= 0.3 is 0 Å². The van der Waals surface area contributed by atoms with E-state index >= 15 is 0 Å². The van der Waals surface area contributed by atoms with Crippen molar-refractivity contribution in [2.45, 2.75) is 32.1 Å². The predicted molar refractivity (Wildman–Crippen MR) is 60.0 cm³/mol. The smallest absolute Gasteiger partial charge is 0.133 e. The zero-order valence-electron chi connectivity index (χ0n) is 7.96. The van der Waals surface area contributed by atoms with Gasteiger partial charge in [0.15, 0.2) is 0 Å². The fourth-order valence-corrected chi connectivity index (χ4v) is 3.00. The maximum atomic E-state index is 11.2. The minimum atomic E-state index is 0.433. The molecule has 0 spiro atoms. The van der Waals surface area contributed by atoms with Crippen LogP contribution in [0.25, 0.3) is 0 Å². The lowest BCUT2D eigenvalue weighted by molar-refractivity contribution is -0.121. The Bertz CT molecular complexity index is 332. The number of thiophene rings is 1. The quantitative estimate of drug-likeness (QED) is 0.755. The first-order chi connectivity index (χ1) is 6.74. The van der Waals surface area contributed by atoms with E-state index in [0.29, 0.717) is 11.7 Å². The van der Waals surface area contributed by atoms with Crippen LogP contribution in [-0.4, -0.2) is 5.78 Å². The molecule has 0 N–H and O–H groups in total. The van der Waals surface area contributed by atoms with Crippen LogP contribution in [0.2, 0.25) is 4.34 Å². The van der Waals surface area contributed by atoms with Crippen LogP contribution in [0.1, 0.15) is 31.2 Å². The summed E-state index contributed by atoms with van der Waals surface area (Å²) in [5, 5.41) is 2.10. The zero-order chi connectivity index (χ0) is 9.97. The van der Waals surface area contributed by atoms with Gasteiger partial charge in [-0.1, -0.05) is 11.6 Å². The number of hydrogen-bond donors (Lipinski definition) is 0. The fraction of sp³-hybridized carbons (Fsp3) is 0.545. The second-order valence-corrected chi connectivity index (χ2v) is 5.51. The number of rotatable bonds is 2. The topological polar surface area (TPSA) is 17.1 Å². The number of ketones is 1. The second-order valence-electron chi connectivity index (χ2n) is 3.96. The highest BCUT2D eigenvalue weighted by molar-refractivity contribution is 7.14. The van der Waals surface area contributed by atoms with Gasteiger partial charge in [-0.05, 0) is 42.2 Å². The molecule has 1 saturated carbocycles.